The van der Waals surface area contributed by atoms with Crippen molar-refractivity contribution in [2.24, 2.45) is 0 Å². The zero-order valence-corrected chi connectivity index (χ0v) is 15.9. The zero-order chi connectivity index (χ0) is 18.4. The van der Waals surface area contributed by atoms with E-state index in [1.807, 2.05) is 39.0 Å². The minimum Gasteiger partial charge on any atom is -0.480 e. The van der Waals surface area contributed by atoms with Crippen molar-refractivity contribution in [2.45, 2.75) is 59.6 Å². The average molecular weight is 339 g/mol. The fourth-order valence-corrected chi connectivity index (χ4v) is 2.79. The zero-order valence-electron chi connectivity index (χ0n) is 15.9. The Labute approximate surface area is 151 Å². The summed E-state index contributed by atoms with van der Waals surface area (Å²) in [4.78, 5) is 12.7. The van der Waals surface area contributed by atoms with Crippen LogP contribution in [0.1, 0.15) is 55.0 Å². The van der Waals surface area contributed by atoms with E-state index in [4.69, 9.17) is 4.74 Å². The molecule has 0 saturated heterocycles. The second-order valence-corrected chi connectivity index (χ2v) is 6.66. The molecule has 0 aliphatic carbocycles. The molecule has 3 heteroatoms. The molecular weight excluding hydrogens is 310 g/mol. The smallest absolute Gasteiger partial charge is 0.261 e. The van der Waals surface area contributed by atoms with E-state index in [1.54, 1.807) is 0 Å². The van der Waals surface area contributed by atoms with Crippen LogP contribution < -0.4 is 10.1 Å². The summed E-state index contributed by atoms with van der Waals surface area (Å²) in [5.41, 5.74) is 4.52. The van der Waals surface area contributed by atoms with Gasteiger partial charge in [-0.1, -0.05) is 55.8 Å². The summed E-state index contributed by atoms with van der Waals surface area (Å²) < 4.78 is 6.03. The number of aryl methyl sites for hydroxylation is 3. The van der Waals surface area contributed by atoms with E-state index in [9.17, 15) is 4.79 Å². The Morgan fingerprint density at radius 1 is 0.960 bits per heavy atom. The molecule has 0 aliphatic heterocycles. The lowest BCUT2D eigenvalue weighted by atomic mass is 10.0. The molecule has 2 aromatic rings. The van der Waals surface area contributed by atoms with Gasteiger partial charge in [0.15, 0.2) is 6.10 Å². The van der Waals surface area contributed by atoms with Crippen LogP contribution in [-0.4, -0.2) is 12.0 Å². The number of hydrogen-bond acceptors (Lipinski definition) is 2. The Bertz CT molecular complexity index is 706. The highest BCUT2D eigenvalue weighted by Gasteiger charge is 2.22. The van der Waals surface area contributed by atoms with Gasteiger partial charge < -0.3 is 10.1 Å². The van der Waals surface area contributed by atoms with Crippen molar-refractivity contribution in [3.63, 3.8) is 0 Å². The molecule has 134 valence electrons. The van der Waals surface area contributed by atoms with Crippen LogP contribution in [-0.2, 0) is 4.79 Å². The van der Waals surface area contributed by atoms with E-state index < -0.39 is 6.10 Å². The normalized spacial score (nSPS) is 13.2. The second kappa shape index (κ2) is 8.70. The van der Waals surface area contributed by atoms with Gasteiger partial charge in [-0.2, -0.15) is 0 Å². The molecule has 0 saturated carbocycles. The molecular formula is C22H29NO2. The fourth-order valence-electron chi connectivity index (χ4n) is 2.79. The third kappa shape index (κ3) is 5.09. The molecule has 2 atom stereocenters. The van der Waals surface area contributed by atoms with Crippen molar-refractivity contribution in [1.29, 1.82) is 0 Å². The summed E-state index contributed by atoms with van der Waals surface area (Å²) in [7, 11) is 0. The molecule has 1 N–H and O–H groups in total. The van der Waals surface area contributed by atoms with Gasteiger partial charge in [0, 0.05) is 0 Å². The maximum atomic E-state index is 12.7. The Morgan fingerprint density at radius 3 is 2.20 bits per heavy atom. The van der Waals surface area contributed by atoms with E-state index >= 15 is 0 Å². The first-order valence-electron chi connectivity index (χ1n) is 9.05. The SMILES string of the molecule is CC[C@H](Oc1cc(C)ccc1C)C(=O)N[C@H](CC)c1ccc(C)cc1. The van der Waals surface area contributed by atoms with Gasteiger partial charge in [0.2, 0.25) is 0 Å². The van der Waals surface area contributed by atoms with Crippen LogP contribution >= 0.6 is 0 Å². The van der Waals surface area contributed by atoms with E-state index in [0.29, 0.717) is 6.42 Å². The molecule has 0 bridgehead atoms. The number of nitrogens with one attached hydrogen (secondary N) is 1. The van der Waals surface area contributed by atoms with Crippen LogP contribution in [0, 0.1) is 20.8 Å². The largest absolute Gasteiger partial charge is 0.480 e. The lowest BCUT2D eigenvalue weighted by Gasteiger charge is -2.23. The van der Waals surface area contributed by atoms with Crippen molar-refractivity contribution >= 4 is 5.91 Å². The summed E-state index contributed by atoms with van der Waals surface area (Å²) in [6, 6.07) is 14.4. The van der Waals surface area contributed by atoms with E-state index in [1.165, 1.54) is 5.56 Å². The van der Waals surface area contributed by atoms with Crippen LogP contribution in [0.4, 0.5) is 0 Å². The monoisotopic (exact) mass is 339 g/mol. The van der Waals surface area contributed by atoms with Gasteiger partial charge in [0.05, 0.1) is 6.04 Å². The first-order chi connectivity index (χ1) is 11.9. The quantitative estimate of drug-likeness (QED) is 0.768. The minimum atomic E-state index is -0.486. The van der Waals surface area contributed by atoms with Crippen LogP contribution in [0.15, 0.2) is 42.5 Å². The molecule has 1 amide bonds. The third-order valence-electron chi connectivity index (χ3n) is 4.48. The molecule has 0 fully saturated rings. The topological polar surface area (TPSA) is 38.3 Å². The summed E-state index contributed by atoms with van der Waals surface area (Å²) in [6.07, 6.45) is 0.984. The predicted molar refractivity (Wildman–Crippen MR) is 103 cm³/mol. The highest BCUT2D eigenvalue weighted by atomic mass is 16.5. The fraction of sp³-hybridized carbons (Fsp3) is 0.409. The van der Waals surface area contributed by atoms with E-state index in [0.717, 1.165) is 28.9 Å². The number of carbonyl (C=O) groups is 1. The number of benzene rings is 2. The second-order valence-electron chi connectivity index (χ2n) is 6.66. The summed E-state index contributed by atoms with van der Waals surface area (Å²) in [5.74, 6) is 0.723. The molecule has 0 radical (unpaired) electrons. The lowest BCUT2D eigenvalue weighted by molar-refractivity contribution is -0.129. The highest BCUT2D eigenvalue weighted by Crippen LogP contribution is 2.22. The van der Waals surface area contributed by atoms with Crippen molar-refractivity contribution in [3.05, 3.63) is 64.7 Å². The number of amides is 1. The summed E-state index contributed by atoms with van der Waals surface area (Å²) >= 11 is 0. The standard InChI is InChI=1S/C22H29NO2/c1-6-19(18-12-9-15(3)10-13-18)23-22(24)20(7-2)25-21-14-16(4)8-11-17(21)5/h8-14,19-20H,6-7H2,1-5H3,(H,23,24)/t19-,20+/m1/s1. The molecule has 0 aromatic heterocycles. The average Bonchev–Trinajstić information content (AvgIpc) is 2.61. The molecule has 0 aliphatic rings. The number of ether oxygens (including phenoxy) is 1. The maximum Gasteiger partial charge on any atom is 0.261 e. The molecule has 0 unspecified atom stereocenters. The van der Waals surface area contributed by atoms with Crippen LogP contribution in [0.3, 0.4) is 0 Å². The van der Waals surface area contributed by atoms with Gasteiger partial charge >= 0.3 is 0 Å². The Hall–Kier alpha value is -2.29. The summed E-state index contributed by atoms with van der Waals surface area (Å²) in [6.45, 7) is 10.1. The molecule has 25 heavy (non-hydrogen) atoms. The van der Waals surface area contributed by atoms with E-state index in [2.05, 4.69) is 43.4 Å². The van der Waals surface area contributed by atoms with Gasteiger partial charge in [-0.25, -0.2) is 0 Å². The highest BCUT2D eigenvalue weighted by molar-refractivity contribution is 5.81. The van der Waals surface area contributed by atoms with Crippen molar-refractivity contribution < 1.29 is 9.53 Å². The lowest BCUT2D eigenvalue weighted by Crippen LogP contribution is -2.40. The molecule has 3 nitrogen and oxygen atoms in total. The van der Waals surface area contributed by atoms with Crippen LogP contribution in [0.2, 0.25) is 0 Å². The molecule has 2 rings (SSSR count). The Morgan fingerprint density at radius 2 is 1.60 bits per heavy atom. The van der Waals surface area contributed by atoms with Gasteiger partial charge in [0.1, 0.15) is 5.75 Å². The van der Waals surface area contributed by atoms with Gasteiger partial charge in [0.25, 0.3) is 5.91 Å². The number of rotatable bonds is 7. The van der Waals surface area contributed by atoms with Crippen LogP contribution in [0.25, 0.3) is 0 Å². The van der Waals surface area contributed by atoms with Crippen molar-refractivity contribution in [1.82, 2.24) is 5.32 Å². The molecule has 0 spiro atoms. The predicted octanol–water partition coefficient (Wildman–Crippen LogP) is 5.04. The third-order valence-corrected chi connectivity index (χ3v) is 4.48. The molecule has 2 aromatic carbocycles. The Balaban J connectivity index is 2.10. The Kier molecular flexibility index (Phi) is 6.63. The maximum absolute atomic E-state index is 12.7. The van der Waals surface area contributed by atoms with Gasteiger partial charge in [-0.3, -0.25) is 4.79 Å². The first-order valence-corrected chi connectivity index (χ1v) is 9.05. The number of carbonyl (C=O) groups excluding carboxylic acids is 1. The van der Waals surface area contributed by atoms with Crippen molar-refractivity contribution in [3.8, 4) is 5.75 Å². The van der Waals surface area contributed by atoms with Gasteiger partial charge in [-0.05, 0) is 56.4 Å². The minimum absolute atomic E-state index is 0.00403. The van der Waals surface area contributed by atoms with E-state index in [-0.39, 0.29) is 11.9 Å². The summed E-state index contributed by atoms with van der Waals surface area (Å²) in [5, 5.41) is 3.14. The number of hydrogen-bond donors (Lipinski definition) is 1. The first kappa shape index (κ1) is 19.0. The molecule has 0 heterocycles. The van der Waals surface area contributed by atoms with Crippen molar-refractivity contribution in [2.75, 3.05) is 0 Å². The van der Waals surface area contributed by atoms with Crippen LogP contribution in [0.5, 0.6) is 5.75 Å². The van der Waals surface area contributed by atoms with Gasteiger partial charge in [-0.15, -0.1) is 0 Å².